The molecule has 2 rings (SSSR count). The van der Waals surface area contributed by atoms with Gasteiger partial charge < -0.3 is 10.6 Å². The second-order valence-corrected chi connectivity index (χ2v) is 6.50. The van der Waals surface area contributed by atoms with Gasteiger partial charge in [0.05, 0.1) is 6.04 Å². The predicted octanol–water partition coefficient (Wildman–Crippen LogP) is 2.70. The van der Waals surface area contributed by atoms with E-state index in [1.54, 1.807) is 11.3 Å². The fraction of sp³-hybridized carbons (Fsp3) is 0.643. The molecule has 1 fully saturated rings. The van der Waals surface area contributed by atoms with Gasteiger partial charge in [-0.15, -0.1) is 11.3 Å². The number of hydrogen-bond acceptors (Lipinski definition) is 3. The van der Waals surface area contributed by atoms with Crippen molar-refractivity contribution in [1.82, 2.24) is 4.90 Å². The molecule has 1 saturated heterocycles. The Bertz CT molecular complexity index is 427. The minimum absolute atomic E-state index is 0.0683. The Kier molecular flexibility index (Phi) is 4.07. The second-order valence-electron chi connectivity index (χ2n) is 5.56. The summed E-state index contributed by atoms with van der Waals surface area (Å²) >= 11 is 1.72. The van der Waals surface area contributed by atoms with Crippen LogP contribution in [0.2, 0.25) is 0 Å². The molecule has 1 amide bonds. The quantitative estimate of drug-likeness (QED) is 0.914. The number of amides is 1. The van der Waals surface area contributed by atoms with Crippen molar-refractivity contribution in [2.75, 3.05) is 6.54 Å². The number of nitrogens with two attached hydrogens (primary N) is 1. The number of carbonyl (C=O) groups is 1. The van der Waals surface area contributed by atoms with Gasteiger partial charge in [-0.2, -0.15) is 0 Å². The molecule has 0 spiro atoms. The molecule has 2 heterocycles. The largest absolute Gasteiger partial charge is 0.333 e. The molecular weight excluding hydrogens is 244 g/mol. The molecule has 0 bridgehead atoms. The van der Waals surface area contributed by atoms with Crippen LogP contribution in [-0.4, -0.2) is 23.4 Å². The number of hydrogen-bond donors (Lipinski definition) is 1. The maximum atomic E-state index is 12.2. The topological polar surface area (TPSA) is 46.3 Å². The van der Waals surface area contributed by atoms with E-state index in [4.69, 9.17) is 5.73 Å². The number of aryl methyl sites for hydroxylation is 1. The van der Waals surface area contributed by atoms with Crippen LogP contribution in [0.15, 0.2) is 11.4 Å². The predicted molar refractivity (Wildman–Crippen MR) is 75.6 cm³/mol. The fourth-order valence-electron chi connectivity index (χ4n) is 2.61. The van der Waals surface area contributed by atoms with E-state index in [0.717, 1.165) is 13.0 Å². The summed E-state index contributed by atoms with van der Waals surface area (Å²) in [4.78, 5) is 15.4. The molecular formula is C14H22N2OS. The molecule has 1 aromatic rings. The van der Waals surface area contributed by atoms with Crippen LogP contribution >= 0.6 is 11.3 Å². The number of rotatable bonds is 3. The molecule has 100 valence electrons. The summed E-state index contributed by atoms with van der Waals surface area (Å²) in [7, 11) is 0. The lowest BCUT2D eigenvalue weighted by molar-refractivity contribution is -0.138. The monoisotopic (exact) mass is 266 g/mol. The zero-order chi connectivity index (χ0) is 13.3. The summed E-state index contributed by atoms with van der Waals surface area (Å²) in [5.41, 5.74) is 7.53. The standard InChI is InChI=1S/C14H22N2OS/c1-9(2)8-16-12(17)5-4-11(15)13(16)14-10(3)6-7-18-14/h6-7,9,11,13H,4-5,8,15H2,1-3H3. The highest BCUT2D eigenvalue weighted by Crippen LogP contribution is 2.36. The van der Waals surface area contributed by atoms with Crippen molar-refractivity contribution in [2.24, 2.45) is 11.7 Å². The van der Waals surface area contributed by atoms with Crippen molar-refractivity contribution < 1.29 is 4.79 Å². The minimum Gasteiger partial charge on any atom is -0.333 e. The summed E-state index contributed by atoms with van der Waals surface area (Å²) in [6, 6.07) is 2.26. The van der Waals surface area contributed by atoms with E-state index in [2.05, 4.69) is 32.2 Å². The molecule has 0 aromatic carbocycles. The Hall–Kier alpha value is -0.870. The van der Waals surface area contributed by atoms with Crippen LogP contribution in [0, 0.1) is 12.8 Å². The van der Waals surface area contributed by atoms with Gasteiger partial charge in [-0.25, -0.2) is 0 Å². The van der Waals surface area contributed by atoms with Gasteiger partial charge in [-0.3, -0.25) is 4.79 Å². The van der Waals surface area contributed by atoms with Gasteiger partial charge in [0.1, 0.15) is 0 Å². The molecule has 2 N–H and O–H groups in total. The van der Waals surface area contributed by atoms with Gasteiger partial charge in [-0.05, 0) is 36.3 Å². The molecule has 1 aliphatic rings. The van der Waals surface area contributed by atoms with Crippen LogP contribution in [0.4, 0.5) is 0 Å². The van der Waals surface area contributed by atoms with Crippen LogP contribution in [-0.2, 0) is 4.79 Å². The Morgan fingerprint density at radius 3 is 2.83 bits per heavy atom. The second kappa shape index (κ2) is 5.41. The third-order valence-electron chi connectivity index (χ3n) is 3.49. The fourth-order valence-corrected chi connectivity index (χ4v) is 3.72. The van der Waals surface area contributed by atoms with E-state index in [1.165, 1.54) is 10.4 Å². The molecule has 1 aliphatic heterocycles. The third-order valence-corrected chi connectivity index (χ3v) is 4.57. The lowest BCUT2D eigenvalue weighted by Crippen LogP contribution is -2.49. The molecule has 0 saturated carbocycles. The molecule has 2 atom stereocenters. The van der Waals surface area contributed by atoms with Crippen molar-refractivity contribution in [3.05, 3.63) is 21.9 Å². The van der Waals surface area contributed by atoms with Gasteiger partial charge in [0.2, 0.25) is 5.91 Å². The molecule has 4 heteroatoms. The zero-order valence-electron chi connectivity index (χ0n) is 11.3. The normalized spacial score (nSPS) is 24.9. The summed E-state index contributed by atoms with van der Waals surface area (Å²) in [6.07, 6.45) is 1.39. The van der Waals surface area contributed by atoms with Crippen LogP contribution in [0.1, 0.15) is 43.2 Å². The summed E-state index contributed by atoms with van der Waals surface area (Å²) in [5.74, 6) is 0.727. The van der Waals surface area contributed by atoms with Crippen molar-refractivity contribution in [3.8, 4) is 0 Å². The Labute approximate surface area is 113 Å². The summed E-state index contributed by atoms with van der Waals surface area (Å²) < 4.78 is 0. The van der Waals surface area contributed by atoms with Crippen molar-refractivity contribution in [1.29, 1.82) is 0 Å². The van der Waals surface area contributed by atoms with Crippen LogP contribution in [0.3, 0.4) is 0 Å². The number of carbonyl (C=O) groups excluding carboxylic acids is 1. The molecule has 0 aliphatic carbocycles. The van der Waals surface area contributed by atoms with Gasteiger partial charge in [0, 0.05) is 23.9 Å². The maximum Gasteiger partial charge on any atom is 0.223 e. The Morgan fingerprint density at radius 2 is 2.28 bits per heavy atom. The van der Waals surface area contributed by atoms with Crippen molar-refractivity contribution in [3.63, 3.8) is 0 Å². The number of nitrogens with zero attached hydrogens (tertiary/aromatic N) is 1. The first-order valence-electron chi connectivity index (χ1n) is 6.59. The summed E-state index contributed by atoms with van der Waals surface area (Å²) in [6.45, 7) is 7.19. The van der Waals surface area contributed by atoms with E-state index >= 15 is 0 Å². The smallest absolute Gasteiger partial charge is 0.223 e. The van der Waals surface area contributed by atoms with Crippen LogP contribution in [0.5, 0.6) is 0 Å². The number of piperidine rings is 1. The van der Waals surface area contributed by atoms with E-state index in [0.29, 0.717) is 12.3 Å². The van der Waals surface area contributed by atoms with Crippen LogP contribution in [0.25, 0.3) is 0 Å². The van der Waals surface area contributed by atoms with E-state index in [9.17, 15) is 4.79 Å². The van der Waals surface area contributed by atoms with Gasteiger partial charge in [-0.1, -0.05) is 13.8 Å². The average Bonchev–Trinajstić information content (AvgIpc) is 2.70. The van der Waals surface area contributed by atoms with Crippen LogP contribution < -0.4 is 5.73 Å². The molecule has 2 unspecified atom stereocenters. The highest BCUT2D eigenvalue weighted by molar-refractivity contribution is 7.10. The maximum absolute atomic E-state index is 12.2. The first kappa shape index (κ1) is 13.6. The van der Waals surface area contributed by atoms with Gasteiger partial charge in [0.15, 0.2) is 0 Å². The lowest BCUT2D eigenvalue weighted by atomic mass is 9.92. The SMILES string of the molecule is Cc1ccsc1C1C(N)CCC(=O)N1CC(C)C. The van der Waals surface area contributed by atoms with Gasteiger partial charge in [0.25, 0.3) is 0 Å². The minimum atomic E-state index is 0.0683. The third kappa shape index (κ3) is 2.59. The highest BCUT2D eigenvalue weighted by atomic mass is 32.1. The highest BCUT2D eigenvalue weighted by Gasteiger charge is 2.36. The summed E-state index contributed by atoms with van der Waals surface area (Å²) in [5, 5.41) is 2.09. The molecule has 0 radical (unpaired) electrons. The number of likely N-dealkylation sites (tertiary alicyclic amines) is 1. The van der Waals surface area contributed by atoms with Crippen molar-refractivity contribution in [2.45, 2.75) is 45.7 Å². The van der Waals surface area contributed by atoms with E-state index in [-0.39, 0.29) is 18.0 Å². The number of thiophene rings is 1. The molecule has 18 heavy (non-hydrogen) atoms. The van der Waals surface area contributed by atoms with E-state index in [1.807, 2.05) is 4.90 Å². The zero-order valence-corrected chi connectivity index (χ0v) is 12.2. The van der Waals surface area contributed by atoms with Gasteiger partial charge >= 0.3 is 0 Å². The molecule has 3 nitrogen and oxygen atoms in total. The Morgan fingerprint density at radius 1 is 1.56 bits per heavy atom. The lowest BCUT2D eigenvalue weighted by Gasteiger charge is -2.40. The first-order chi connectivity index (χ1) is 8.50. The first-order valence-corrected chi connectivity index (χ1v) is 7.47. The molecule has 1 aromatic heterocycles. The van der Waals surface area contributed by atoms with Crippen molar-refractivity contribution >= 4 is 17.2 Å². The van der Waals surface area contributed by atoms with E-state index < -0.39 is 0 Å². The Balaban J connectivity index is 2.32. The average molecular weight is 266 g/mol.